The average molecular weight is 346 g/mol. The van der Waals surface area contributed by atoms with Crippen LogP contribution in [0.5, 0.6) is 0 Å². The Labute approximate surface area is 140 Å². The Balaban J connectivity index is 1.67. The van der Waals surface area contributed by atoms with E-state index in [4.69, 9.17) is 0 Å². The van der Waals surface area contributed by atoms with Crippen molar-refractivity contribution < 1.29 is 13.2 Å². The normalized spacial score (nSPS) is 23.0. The van der Waals surface area contributed by atoms with Crippen LogP contribution in [0, 0.1) is 5.92 Å². The first kappa shape index (κ1) is 18.7. The van der Waals surface area contributed by atoms with Crippen molar-refractivity contribution in [2.75, 3.05) is 38.5 Å². The number of carbonyl (C=O) groups is 1. The summed E-state index contributed by atoms with van der Waals surface area (Å²) in [6, 6.07) is 0.523. The maximum Gasteiger partial charge on any atom is 0.223 e. The minimum atomic E-state index is -3.11. The zero-order chi connectivity index (χ0) is 16.9. The molecule has 1 N–H and O–H groups in total. The van der Waals surface area contributed by atoms with Gasteiger partial charge < -0.3 is 10.2 Å². The van der Waals surface area contributed by atoms with Crippen LogP contribution < -0.4 is 5.32 Å². The summed E-state index contributed by atoms with van der Waals surface area (Å²) in [7, 11) is -3.11. The smallest absolute Gasteiger partial charge is 0.223 e. The molecule has 0 spiro atoms. The monoisotopic (exact) mass is 345 g/mol. The molecule has 6 nitrogen and oxygen atoms in total. The van der Waals surface area contributed by atoms with Crippen LogP contribution in [-0.4, -0.2) is 68.0 Å². The lowest BCUT2D eigenvalue weighted by Gasteiger charge is -2.30. The molecular weight excluding hydrogens is 314 g/mol. The number of piperidine rings is 1. The molecule has 134 valence electrons. The van der Waals surface area contributed by atoms with Gasteiger partial charge in [-0.15, -0.1) is 0 Å². The fourth-order valence-electron chi connectivity index (χ4n) is 3.49. The third-order valence-corrected chi connectivity index (χ3v) is 7.09. The molecule has 2 aliphatic heterocycles. The molecule has 2 aliphatic rings. The fraction of sp³-hybridized carbons (Fsp3) is 0.938. The van der Waals surface area contributed by atoms with Gasteiger partial charge in [0.1, 0.15) is 0 Å². The quantitative estimate of drug-likeness (QED) is 0.748. The first-order chi connectivity index (χ1) is 10.9. The predicted molar refractivity (Wildman–Crippen MR) is 91.7 cm³/mol. The molecule has 0 aromatic heterocycles. The van der Waals surface area contributed by atoms with Gasteiger partial charge in [-0.05, 0) is 59.0 Å². The maximum absolute atomic E-state index is 12.2. The van der Waals surface area contributed by atoms with E-state index in [1.807, 2.05) is 0 Å². The molecule has 2 heterocycles. The highest BCUT2D eigenvalue weighted by Gasteiger charge is 2.30. The van der Waals surface area contributed by atoms with E-state index in [2.05, 4.69) is 17.1 Å². The van der Waals surface area contributed by atoms with Gasteiger partial charge in [-0.1, -0.05) is 0 Å². The Kier molecular flexibility index (Phi) is 6.85. The zero-order valence-corrected chi connectivity index (χ0v) is 15.3. The van der Waals surface area contributed by atoms with Crippen LogP contribution in [0.4, 0.5) is 0 Å². The summed E-state index contributed by atoms with van der Waals surface area (Å²) in [6.45, 7) is 7.90. The van der Waals surface area contributed by atoms with Gasteiger partial charge in [0.25, 0.3) is 0 Å². The highest BCUT2D eigenvalue weighted by atomic mass is 32.2. The SMILES string of the molecule is CCS(=O)(=O)N1CCC(C(=O)NCCC(C)N2CCCC2)CC1. The van der Waals surface area contributed by atoms with Crippen molar-refractivity contribution in [3.05, 3.63) is 0 Å². The molecular formula is C16H31N3O3S. The average Bonchev–Trinajstić information content (AvgIpc) is 3.09. The van der Waals surface area contributed by atoms with Crippen LogP contribution in [0.15, 0.2) is 0 Å². The third-order valence-electron chi connectivity index (χ3n) is 5.21. The second-order valence-electron chi connectivity index (χ2n) is 6.75. The van der Waals surface area contributed by atoms with Crippen molar-refractivity contribution in [2.45, 2.75) is 52.0 Å². The van der Waals surface area contributed by atoms with Crippen LogP contribution >= 0.6 is 0 Å². The molecule has 7 heteroatoms. The Morgan fingerprint density at radius 3 is 2.35 bits per heavy atom. The number of nitrogens with zero attached hydrogens (tertiary/aromatic N) is 2. The summed E-state index contributed by atoms with van der Waals surface area (Å²) >= 11 is 0. The Hall–Kier alpha value is -0.660. The van der Waals surface area contributed by atoms with Gasteiger partial charge in [0.05, 0.1) is 5.75 Å². The Morgan fingerprint density at radius 1 is 1.17 bits per heavy atom. The topological polar surface area (TPSA) is 69.7 Å². The van der Waals surface area contributed by atoms with E-state index < -0.39 is 10.0 Å². The molecule has 23 heavy (non-hydrogen) atoms. The molecule has 1 unspecified atom stereocenters. The molecule has 1 atom stereocenters. The summed E-state index contributed by atoms with van der Waals surface area (Å²) in [5.74, 6) is 0.186. The number of hydrogen-bond acceptors (Lipinski definition) is 4. The number of rotatable bonds is 7. The largest absolute Gasteiger partial charge is 0.356 e. The lowest BCUT2D eigenvalue weighted by atomic mass is 9.97. The van der Waals surface area contributed by atoms with Crippen molar-refractivity contribution in [3.63, 3.8) is 0 Å². The van der Waals surface area contributed by atoms with Crippen LogP contribution in [0.2, 0.25) is 0 Å². The van der Waals surface area contributed by atoms with Gasteiger partial charge in [-0.3, -0.25) is 4.79 Å². The Bertz CT molecular complexity index is 481. The summed E-state index contributed by atoms with van der Waals surface area (Å²) in [4.78, 5) is 14.7. The van der Waals surface area contributed by atoms with Gasteiger partial charge in [-0.2, -0.15) is 0 Å². The minimum Gasteiger partial charge on any atom is -0.356 e. The van der Waals surface area contributed by atoms with E-state index in [0.717, 1.165) is 6.42 Å². The summed E-state index contributed by atoms with van der Waals surface area (Å²) in [6.07, 6.45) is 4.82. The number of sulfonamides is 1. The zero-order valence-electron chi connectivity index (χ0n) is 14.5. The van der Waals surface area contributed by atoms with Gasteiger partial charge in [0.15, 0.2) is 0 Å². The van der Waals surface area contributed by atoms with Gasteiger partial charge in [0, 0.05) is 31.6 Å². The molecule has 2 fully saturated rings. The van der Waals surface area contributed by atoms with Crippen LogP contribution in [0.1, 0.15) is 46.0 Å². The molecule has 2 saturated heterocycles. The first-order valence-electron chi connectivity index (χ1n) is 8.93. The second-order valence-corrected chi connectivity index (χ2v) is 9.00. The van der Waals surface area contributed by atoms with Gasteiger partial charge in [0.2, 0.25) is 15.9 Å². The van der Waals surface area contributed by atoms with Crippen molar-refractivity contribution in [3.8, 4) is 0 Å². The van der Waals surface area contributed by atoms with Crippen molar-refractivity contribution in [1.29, 1.82) is 0 Å². The number of hydrogen-bond donors (Lipinski definition) is 1. The van der Waals surface area contributed by atoms with Crippen LogP contribution in [0.3, 0.4) is 0 Å². The molecule has 0 aliphatic carbocycles. The van der Waals surface area contributed by atoms with Gasteiger partial charge in [-0.25, -0.2) is 12.7 Å². The summed E-state index contributed by atoms with van der Waals surface area (Å²) in [5, 5.41) is 3.04. The second kappa shape index (κ2) is 8.44. The van der Waals surface area contributed by atoms with E-state index in [1.165, 1.54) is 30.2 Å². The lowest BCUT2D eigenvalue weighted by Crippen LogP contribution is -2.44. The minimum absolute atomic E-state index is 0.0413. The van der Waals surface area contributed by atoms with E-state index >= 15 is 0 Å². The predicted octanol–water partition coefficient (Wildman–Crippen LogP) is 1.04. The van der Waals surface area contributed by atoms with E-state index in [0.29, 0.717) is 38.5 Å². The number of carbonyl (C=O) groups excluding carboxylic acids is 1. The van der Waals surface area contributed by atoms with Crippen LogP contribution in [0.25, 0.3) is 0 Å². The number of likely N-dealkylation sites (tertiary alicyclic amines) is 1. The third kappa shape index (κ3) is 5.16. The van der Waals surface area contributed by atoms with E-state index in [9.17, 15) is 13.2 Å². The number of amides is 1. The highest BCUT2D eigenvalue weighted by molar-refractivity contribution is 7.89. The van der Waals surface area contributed by atoms with Crippen molar-refractivity contribution in [2.24, 2.45) is 5.92 Å². The molecule has 0 aromatic carbocycles. The molecule has 0 radical (unpaired) electrons. The lowest BCUT2D eigenvalue weighted by molar-refractivity contribution is -0.126. The molecule has 2 rings (SSSR count). The maximum atomic E-state index is 12.2. The van der Waals surface area contributed by atoms with Crippen LogP contribution in [-0.2, 0) is 14.8 Å². The molecule has 0 bridgehead atoms. The highest BCUT2D eigenvalue weighted by Crippen LogP contribution is 2.20. The van der Waals surface area contributed by atoms with Crippen molar-refractivity contribution >= 4 is 15.9 Å². The Morgan fingerprint density at radius 2 is 1.78 bits per heavy atom. The van der Waals surface area contributed by atoms with E-state index in [-0.39, 0.29) is 17.6 Å². The van der Waals surface area contributed by atoms with Crippen molar-refractivity contribution in [1.82, 2.24) is 14.5 Å². The van der Waals surface area contributed by atoms with E-state index in [1.54, 1.807) is 6.92 Å². The molecule has 0 aromatic rings. The summed E-state index contributed by atoms with van der Waals surface area (Å²) in [5.41, 5.74) is 0. The number of nitrogens with one attached hydrogen (secondary N) is 1. The molecule has 0 saturated carbocycles. The van der Waals surface area contributed by atoms with Gasteiger partial charge >= 0.3 is 0 Å². The molecule has 1 amide bonds. The first-order valence-corrected chi connectivity index (χ1v) is 10.5. The standard InChI is InChI=1S/C16H31N3O3S/c1-3-23(21,22)19-12-7-15(8-13-19)16(20)17-9-6-14(2)18-10-4-5-11-18/h14-15H,3-13H2,1-2H3,(H,17,20). The fourth-order valence-corrected chi connectivity index (χ4v) is 4.62. The summed E-state index contributed by atoms with van der Waals surface area (Å²) < 4.78 is 25.2.